The Balaban J connectivity index is 1.85. The molecular formula is C29H33FN2O2S. The van der Waals surface area contributed by atoms with Gasteiger partial charge in [0.1, 0.15) is 11.9 Å². The lowest BCUT2D eigenvalue weighted by atomic mass is 10.0. The minimum atomic E-state index is -0.665. The predicted octanol–water partition coefficient (Wildman–Crippen LogP) is 5.53. The van der Waals surface area contributed by atoms with Crippen LogP contribution in [0, 0.1) is 12.7 Å². The molecule has 0 aliphatic carbocycles. The molecule has 0 aliphatic heterocycles. The van der Waals surface area contributed by atoms with Crippen molar-refractivity contribution in [3.63, 3.8) is 0 Å². The topological polar surface area (TPSA) is 49.4 Å². The van der Waals surface area contributed by atoms with E-state index in [2.05, 4.69) is 5.32 Å². The van der Waals surface area contributed by atoms with Crippen molar-refractivity contribution in [3.05, 3.63) is 107 Å². The van der Waals surface area contributed by atoms with Gasteiger partial charge in [0, 0.05) is 24.8 Å². The summed E-state index contributed by atoms with van der Waals surface area (Å²) in [5, 5.41) is 3.00. The van der Waals surface area contributed by atoms with E-state index in [9.17, 15) is 14.0 Å². The van der Waals surface area contributed by atoms with Gasteiger partial charge >= 0.3 is 0 Å². The summed E-state index contributed by atoms with van der Waals surface area (Å²) in [6.07, 6.45) is 0.412. The molecule has 0 spiro atoms. The van der Waals surface area contributed by atoms with E-state index >= 15 is 0 Å². The Labute approximate surface area is 211 Å². The summed E-state index contributed by atoms with van der Waals surface area (Å²) in [5.74, 6) is -0.0579. The molecule has 0 saturated carbocycles. The van der Waals surface area contributed by atoms with Crippen molar-refractivity contribution >= 4 is 23.6 Å². The molecule has 0 aliphatic rings. The molecule has 184 valence electrons. The van der Waals surface area contributed by atoms with Crippen LogP contribution in [-0.2, 0) is 28.3 Å². The smallest absolute Gasteiger partial charge is 0.243 e. The van der Waals surface area contributed by atoms with Crippen molar-refractivity contribution in [1.29, 1.82) is 0 Å². The summed E-state index contributed by atoms with van der Waals surface area (Å²) in [7, 11) is 0. The molecule has 1 atom stereocenters. The molecule has 3 rings (SSSR count). The van der Waals surface area contributed by atoms with Gasteiger partial charge in [0.05, 0.1) is 5.75 Å². The highest BCUT2D eigenvalue weighted by Crippen LogP contribution is 2.20. The van der Waals surface area contributed by atoms with Crippen molar-refractivity contribution in [2.45, 2.75) is 51.6 Å². The Hall–Kier alpha value is -3.12. The SMILES string of the molecule is Cc1cccc(CN(C(=O)CSCc2ccccc2F)[C@H](Cc2ccccc2)C(=O)NC(C)C)c1. The van der Waals surface area contributed by atoms with Crippen molar-refractivity contribution in [1.82, 2.24) is 10.2 Å². The van der Waals surface area contributed by atoms with Crippen LogP contribution >= 0.6 is 11.8 Å². The molecule has 2 amide bonds. The zero-order valence-electron chi connectivity index (χ0n) is 20.5. The molecule has 1 N–H and O–H groups in total. The van der Waals surface area contributed by atoms with Gasteiger partial charge in [0.15, 0.2) is 0 Å². The average Bonchev–Trinajstić information content (AvgIpc) is 2.82. The van der Waals surface area contributed by atoms with Crippen molar-refractivity contribution in [2.75, 3.05) is 5.75 Å². The monoisotopic (exact) mass is 492 g/mol. The maximum absolute atomic E-state index is 14.0. The molecule has 0 fully saturated rings. The number of aryl methyl sites for hydroxylation is 1. The van der Waals surface area contributed by atoms with Gasteiger partial charge in [-0.2, -0.15) is 0 Å². The van der Waals surface area contributed by atoms with Crippen LogP contribution in [0.3, 0.4) is 0 Å². The van der Waals surface area contributed by atoms with E-state index in [0.717, 1.165) is 16.7 Å². The summed E-state index contributed by atoms with van der Waals surface area (Å²) in [4.78, 5) is 28.6. The van der Waals surface area contributed by atoms with E-state index in [0.29, 0.717) is 24.3 Å². The zero-order chi connectivity index (χ0) is 25.2. The zero-order valence-corrected chi connectivity index (χ0v) is 21.4. The van der Waals surface area contributed by atoms with E-state index in [1.54, 1.807) is 23.1 Å². The number of amides is 2. The van der Waals surface area contributed by atoms with Gasteiger partial charge in [-0.1, -0.05) is 78.4 Å². The van der Waals surface area contributed by atoms with Crippen LogP contribution in [0.15, 0.2) is 78.9 Å². The summed E-state index contributed by atoms with van der Waals surface area (Å²) >= 11 is 1.36. The van der Waals surface area contributed by atoms with E-state index in [4.69, 9.17) is 0 Å². The lowest BCUT2D eigenvalue weighted by Crippen LogP contribution is -2.52. The first-order valence-electron chi connectivity index (χ1n) is 11.8. The first-order chi connectivity index (χ1) is 16.8. The summed E-state index contributed by atoms with van der Waals surface area (Å²) in [5.41, 5.74) is 3.61. The van der Waals surface area contributed by atoms with Gasteiger partial charge in [-0.15, -0.1) is 11.8 Å². The van der Waals surface area contributed by atoms with Gasteiger partial charge in [0.2, 0.25) is 11.8 Å². The molecule has 6 heteroatoms. The Morgan fingerprint density at radius 2 is 1.63 bits per heavy atom. The Morgan fingerprint density at radius 3 is 2.31 bits per heavy atom. The van der Waals surface area contributed by atoms with E-state index in [1.165, 1.54) is 17.8 Å². The fourth-order valence-corrected chi connectivity index (χ4v) is 4.79. The molecule has 0 aromatic heterocycles. The number of hydrogen-bond donors (Lipinski definition) is 1. The summed E-state index contributed by atoms with van der Waals surface area (Å²) < 4.78 is 14.0. The van der Waals surface area contributed by atoms with Gasteiger partial charge in [-0.3, -0.25) is 9.59 Å². The van der Waals surface area contributed by atoms with E-state index in [-0.39, 0.29) is 29.4 Å². The molecule has 35 heavy (non-hydrogen) atoms. The number of carbonyl (C=O) groups excluding carboxylic acids is 2. The average molecular weight is 493 g/mol. The minimum Gasteiger partial charge on any atom is -0.352 e. The third kappa shape index (κ3) is 8.25. The summed E-state index contributed by atoms with van der Waals surface area (Å²) in [6, 6.07) is 23.6. The Morgan fingerprint density at radius 1 is 0.943 bits per heavy atom. The number of carbonyl (C=O) groups is 2. The Kier molecular flexibility index (Phi) is 9.91. The second-order valence-corrected chi connectivity index (χ2v) is 9.95. The van der Waals surface area contributed by atoms with Gasteiger partial charge in [0.25, 0.3) is 0 Å². The normalized spacial score (nSPS) is 11.8. The number of thioether (sulfide) groups is 1. The highest BCUT2D eigenvalue weighted by atomic mass is 32.2. The lowest BCUT2D eigenvalue weighted by molar-refractivity contribution is -0.139. The number of benzene rings is 3. The van der Waals surface area contributed by atoms with Crippen LogP contribution in [0.25, 0.3) is 0 Å². The molecule has 0 heterocycles. The molecule has 0 saturated heterocycles. The number of rotatable bonds is 11. The molecule has 0 unspecified atom stereocenters. The first-order valence-corrected chi connectivity index (χ1v) is 13.0. The molecule has 0 radical (unpaired) electrons. The van der Waals surface area contributed by atoms with Gasteiger partial charge in [-0.05, 0) is 43.5 Å². The largest absolute Gasteiger partial charge is 0.352 e. The Bertz CT molecular complexity index is 1120. The molecule has 3 aromatic rings. The van der Waals surface area contributed by atoms with Crippen molar-refractivity contribution in [3.8, 4) is 0 Å². The fraction of sp³-hybridized carbons (Fsp3) is 0.310. The summed E-state index contributed by atoms with van der Waals surface area (Å²) in [6.45, 7) is 6.15. The van der Waals surface area contributed by atoms with Crippen LogP contribution in [0.1, 0.15) is 36.1 Å². The first kappa shape index (κ1) is 26.5. The molecule has 4 nitrogen and oxygen atoms in total. The van der Waals surface area contributed by atoms with Crippen LogP contribution in [0.2, 0.25) is 0 Å². The van der Waals surface area contributed by atoms with Crippen molar-refractivity contribution in [2.24, 2.45) is 0 Å². The second-order valence-electron chi connectivity index (χ2n) is 8.96. The van der Waals surface area contributed by atoms with Gasteiger partial charge in [-0.25, -0.2) is 4.39 Å². The van der Waals surface area contributed by atoms with Crippen LogP contribution in [0.4, 0.5) is 4.39 Å². The fourth-order valence-electron chi connectivity index (χ4n) is 3.89. The lowest BCUT2D eigenvalue weighted by Gasteiger charge is -2.32. The third-order valence-electron chi connectivity index (χ3n) is 5.58. The number of nitrogens with one attached hydrogen (secondary N) is 1. The maximum Gasteiger partial charge on any atom is 0.243 e. The predicted molar refractivity (Wildman–Crippen MR) is 142 cm³/mol. The molecule has 0 bridgehead atoms. The highest BCUT2D eigenvalue weighted by molar-refractivity contribution is 7.99. The second kappa shape index (κ2) is 13.1. The number of nitrogens with zero attached hydrogens (tertiary/aromatic N) is 1. The van der Waals surface area contributed by atoms with Crippen LogP contribution in [0.5, 0.6) is 0 Å². The van der Waals surface area contributed by atoms with Gasteiger partial charge < -0.3 is 10.2 Å². The number of hydrogen-bond acceptors (Lipinski definition) is 3. The highest BCUT2D eigenvalue weighted by Gasteiger charge is 2.30. The van der Waals surface area contributed by atoms with E-state index in [1.807, 2.05) is 75.4 Å². The van der Waals surface area contributed by atoms with Crippen molar-refractivity contribution < 1.29 is 14.0 Å². The third-order valence-corrected chi connectivity index (χ3v) is 6.54. The number of halogens is 1. The molecule has 3 aromatic carbocycles. The van der Waals surface area contributed by atoms with Crippen LogP contribution < -0.4 is 5.32 Å². The maximum atomic E-state index is 14.0. The molecular weight excluding hydrogens is 459 g/mol. The van der Waals surface area contributed by atoms with Crippen LogP contribution in [-0.4, -0.2) is 34.6 Å². The van der Waals surface area contributed by atoms with E-state index < -0.39 is 6.04 Å². The standard InChI is InChI=1S/C29H33FN2O2S/c1-21(2)31-29(34)27(17-23-11-5-4-6-12-23)32(18-24-13-9-10-22(3)16-24)28(33)20-35-19-25-14-7-8-15-26(25)30/h4-16,21,27H,17-20H2,1-3H3,(H,31,34)/t27-/m1/s1. The quantitative estimate of drug-likeness (QED) is 0.383. The minimum absolute atomic E-state index is 0.0490.